The van der Waals surface area contributed by atoms with Gasteiger partial charge in [0.2, 0.25) is 0 Å². The highest BCUT2D eigenvalue weighted by Gasteiger charge is 2.38. The van der Waals surface area contributed by atoms with Crippen LogP contribution in [-0.4, -0.2) is 115 Å². The molecule has 266 valence electrons. The van der Waals surface area contributed by atoms with E-state index in [9.17, 15) is 27.6 Å². The van der Waals surface area contributed by atoms with Crippen LogP contribution < -0.4 is 11.1 Å². The number of fused-ring (bicyclic) bond motifs is 1. The molecular formula is C34H42ClF3N6O5. The Balaban J connectivity index is 1.12. The minimum Gasteiger partial charge on any atom is -0.436 e. The molecule has 3 saturated heterocycles. The van der Waals surface area contributed by atoms with Crippen molar-refractivity contribution in [3.8, 4) is 0 Å². The minimum atomic E-state index is -4.77. The van der Waals surface area contributed by atoms with Gasteiger partial charge < -0.3 is 35.2 Å². The van der Waals surface area contributed by atoms with Crippen LogP contribution in [0.4, 0.5) is 34.1 Å². The number of piperidine rings is 2. The molecule has 4 heterocycles. The van der Waals surface area contributed by atoms with Gasteiger partial charge in [-0.2, -0.15) is 13.2 Å². The number of anilines is 2. The van der Waals surface area contributed by atoms with Crippen LogP contribution in [0.1, 0.15) is 42.4 Å². The van der Waals surface area contributed by atoms with Crippen molar-refractivity contribution in [2.45, 2.75) is 62.9 Å². The maximum absolute atomic E-state index is 13.9. The Kier molecular flexibility index (Phi) is 10.8. The molecule has 1 atom stereocenters. The summed E-state index contributed by atoms with van der Waals surface area (Å²) in [5.41, 5.74) is 5.86. The number of likely N-dealkylation sites (tertiary alicyclic amines) is 2. The van der Waals surface area contributed by atoms with Crippen molar-refractivity contribution in [1.29, 1.82) is 0 Å². The number of carbonyl (C=O) groups is 3. The van der Waals surface area contributed by atoms with E-state index >= 15 is 0 Å². The van der Waals surface area contributed by atoms with Crippen LogP contribution in [0.25, 0.3) is 0 Å². The number of nitrogens with one attached hydrogen (secondary N) is 1. The van der Waals surface area contributed by atoms with Gasteiger partial charge >= 0.3 is 18.3 Å². The summed E-state index contributed by atoms with van der Waals surface area (Å²) in [4.78, 5) is 47.8. The average molecular weight is 707 g/mol. The van der Waals surface area contributed by atoms with Gasteiger partial charge in [-0.1, -0.05) is 29.8 Å². The number of nitrogens with zero attached hydrogens (tertiary/aromatic N) is 4. The number of nitrogen functional groups attached to an aromatic ring is 1. The molecule has 4 amide bonds. The highest BCUT2D eigenvalue weighted by molar-refractivity contribution is 6.33. The first kappa shape index (κ1) is 35.1. The Morgan fingerprint density at radius 2 is 1.61 bits per heavy atom. The predicted molar refractivity (Wildman–Crippen MR) is 177 cm³/mol. The van der Waals surface area contributed by atoms with E-state index in [0.29, 0.717) is 58.2 Å². The Hall–Kier alpha value is -3.75. The molecule has 0 aliphatic carbocycles. The Bertz CT molecular complexity index is 1520. The van der Waals surface area contributed by atoms with Crippen LogP contribution in [0.3, 0.4) is 0 Å². The molecule has 49 heavy (non-hydrogen) atoms. The molecule has 15 heteroatoms. The zero-order valence-corrected chi connectivity index (χ0v) is 28.0. The molecule has 3 fully saturated rings. The standard InChI is InChI=1S/C34H42ClF3N6O5/c35-27-20-22(19-26(30(27)39)34(36,37)38)21-29(31(45)42-10-6-24(7-11-42)41-15-17-48-18-16-41)49-33(47)43-12-8-25(9-13-43)44-14-5-23-3-1-2-4-28(23)40-32(44)46/h1-4,19-20,24-25,29H,5-18,21,39H2,(H,40,46)/t29-/m1/s1. The van der Waals surface area contributed by atoms with E-state index in [4.69, 9.17) is 26.8 Å². The summed E-state index contributed by atoms with van der Waals surface area (Å²) in [6, 6.07) is 9.83. The fourth-order valence-corrected chi connectivity index (χ4v) is 7.55. The summed E-state index contributed by atoms with van der Waals surface area (Å²) in [5, 5.41) is 2.69. The molecule has 2 aromatic carbocycles. The van der Waals surface area contributed by atoms with Gasteiger partial charge in [-0.3, -0.25) is 9.69 Å². The van der Waals surface area contributed by atoms with E-state index in [1.165, 1.54) is 11.0 Å². The lowest BCUT2D eigenvalue weighted by Gasteiger charge is -2.41. The summed E-state index contributed by atoms with van der Waals surface area (Å²) < 4.78 is 52.6. The average Bonchev–Trinajstić information content (AvgIpc) is 3.27. The molecular weight excluding hydrogens is 665 g/mol. The number of para-hydroxylation sites is 1. The van der Waals surface area contributed by atoms with Crippen molar-refractivity contribution in [2.24, 2.45) is 0 Å². The SMILES string of the molecule is Nc1c(Cl)cc(C[C@@H](OC(=O)N2CCC(N3CCc4ccccc4NC3=O)CC2)C(=O)N2CCC(N3CCOCC3)CC2)cc1C(F)(F)F. The van der Waals surface area contributed by atoms with Crippen LogP contribution >= 0.6 is 11.6 Å². The molecule has 0 spiro atoms. The van der Waals surface area contributed by atoms with Crippen LogP contribution in [0, 0.1) is 0 Å². The maximum Gasteiger partial charge on any atom is 0.418 e. The van der Waals surface area contributed by atoms with E-state index in [-0.39, 0.29) is 42.2 Å². The summed E-state index contributed by atoms with van der Waals surface area (Å²) in [7, 11) is 0. The normalized spacial score (nSPS) is 20.7. The molecule has 0 radical (unpaired) electrons. The number of alkyl halides is 3. The van der Waals surface area contributed by atoms with Gasteiger partial charge in [-0.15, -0.1) is 0 Å². The number of ether oxygens (including phenoxy) is 2. The minimum absolute atomic E-state index is 0.0766. The molecule has 0 bridgehead atoms. The first-order valence-electron chi connectivity index (χ1n) is 16.8. The van der Waals surface area contributed by atoms with Crippen molar-refractivity contribution >= 4 is 41.0 Å². The number of morpholine rings is 1. The highest BCUT2D eigenvalue weighted by atomic mass is 35.5. The zero-order chi connectivity index (χ0) is 34.7. The van der Waals surface area contributed by atoms with Crippen LogP contribution in [0.5, 0.6) is 0 Å². The highest BCUT2D eigenvalue weighted by Crippen LogP contribution is 2.38. The number of nitrogens with two attached hydrogens (primary N) is 1. The number of hydrogen-bond acceptors (Lipinski definition) is 7. The van der Waals surface area contributed by atoms with E-state index in [1.54, 1.807) is 9.80 Å². The number of halogens is 4. The van der Waals surface area contributed by atoms with E-state index in [2.05, 4.69) is 10.2 Å². The number of hydrogen-bond donors (Lipinski definition) is 2. The van der Waals surface area contributed by atoms with Crippen LogP contribution in [0.15, 0.2) is 36.4 Å². The van der Waals surface area contributed by atoms with Gasteiger partial charge in [-0.25, -0.2) is 9.59 Å². The maximum atomic E-state index is 13.9. The van der Waals surface area contributed by atoms with E-state index < -0.39 is 35.5 Å². The second kappa shape index (κ2) is 15.0. The van der Waals surface area contributed by atoms with Crippen molar-refractivity contribution in [2.75, 3.05) is 70.1 Å². The molecule has 6 rings (SSSR count). The number of rotatable bonds is 6. The topological polar surface area (TPSA) is 121 Å². The quantitative estimate of drug-likeness (QED) is 0.412. The lowest BCUT2D eigenvalue weighted by molar-refractivity contribution is -0.142. The molecule has 11 nitrogen and oxygen atoms in total. The molecule has 0 aromatic heterocycles. The number of carbonyl (C=O) groups excluding carboxylic acids is 3. The molecule has 4 aliphatic rings. The molecule has 0 unspecified atom stereocenters. The number of amides is 4. The zero-order valence-electron chi connectivity index (χ0n) is 27.2. The number of urea groups is 1. The fraction of sp³-hybridized carbons (Fsp3) is 0.559. The van der Waals surface area contributed by atoms with Crippen molar-refractivity contribution < 1.29 is 37.0 Å². The third kappa shape index (κ3) is 8.18. The number of benzene rings is 2. The van der Waals surface area contributed by atoms with Gasteiger partial charge in [0.15, 0.2) is 6.10 Å². The van der Waals surface area contributed by atoms with Gasteiger partial charge in [0.05, 0.1) is 29.5 Å². The predicted octanol–water partition coefficient (Wildman–Crippen LogP) is 4.87. The van der Waals surface area contributed by atoms with Gasteiger partial charge in [-0.05, 0) is 61.4 Å². The third-order valence-corrected chi connectivity index (χ3v) is 10.4. The summed E-state index contributed by atoms with van der Waals surface area (Å²) in [5.74, 6) is -0.467. The second-order valence-corrected chi connectivity index (χ2v) is 13.5. The van der Waals surface area contributed by atoms with Crippen LogP contribution in [-0.2, 0) is 33.3 Å². The first-order chi connectivity index (χ1) is 23.5. The Morgan fingerprint density at radius 3 is 2.31 bits per heavy atom. The monoisotopic (exact) mass is 706 g/mol. The fourth-order valence-electron chi connectivity index (χ4n) is 7.31. The lowest BCUT2D eigenvalue weighted by Crippen LogP contribution is -2.53. The first-order valence-corrected chi connectivity index (χ1v) is 17.2. The van der Waals surface area contributed by atoms with Crippen molar-refractivity contribution in [1.82, 2.24) is 19.6 Å². The summed E-state index contributed by atoms with van der Waals surface area (Å²) in [6.07, 6.45) is -4.01. The van der Waals surface area contributed by atoms with Gasteiger partial charge in [0, 0.05) is 70.0 Å². The Labute approximate surface area is 288 Å². The summed E-state index contributed by atoms with van der Waals surface area (Å²) >= 11 is 6.10. The second-order valence-electron chi connectivity index (χ2n) is 13.1. The summed E-state index contributed by atoms with van der Waals surface area (Å²) in [6.45, 7) is 4.96. The molecule has 0 saturated carbocycles. The van der Waals surface area contributed by atoms with E-state index in [0.717, 1.165) is 43.2 Å². The van der Waals surface area contributed by atoms with Crippen molar-refractivity contribution in [3.05, 3.63) is 58.1 Å². The lowest BCUT2D eigenvalue weighted by atomic mass is 9.99. The van der Waals surface area contributed by atoms with Gasteiger partial charge in [0.1, 0.15) is 0 Å². The smallest absolute Gasteiger partial charge is 0.418 e. The third-order valence-electron chi connectivity index (χ3n) is 10.1. The Morgan fingerprint density at radius 1 is 0.959 bits per heavy atom. The van der Waals surface area contributed by atoms with Gasteiger partial charge in [0.25, 0.3) is 5.91 Å². The molecule has 4 aliphatic heterocycles. The largest absolute Gasteiger partial charge is 0.436 e. The van der Waals surface area contributed by atoms with Crippen LogP contribution in [0.2, 0.25) is 5.02 Å². The molecule has 3 N–H and O–H groups in total. The molecule has 2 aromatic rings. The van der Waals surface area contributed by atoms with E-state index in [1.807, 2.05) is 24.3 Å². The van der Waals surface area contributed by atoms with Crippen molar-refractivity contribution in [3.63, 3.8) is 0 Å².